The zero-order valence-electron chi connectivity index (χ0n) is 16.3. The standard InChI is InChI=1S/C21H17Cl2N3O2S2/c1-12-19(13(2)27)29-21(25(12)15-8-5-4-6-9-15)26(24-20(30-21)14(3)28)18-16(22)10-7-11-17(18)23/h4-11H,1-3H3. The molecule has 0 saturated heterocycles. The third kappa shape index (κ3) is 3.34. The van der Waals surface area contributed by atoms with E-state index in [1.54, 1.807) is 23.2 Å². The molecule has 2 aliphatic heterocycles. The van der Waals surface area contributed by atoms with Gasteiger partial charge in [-0.1, -0.05) is 59.2 Å². The summed E-state index contributed by atoms with van der Waals surface area (Å²) in [4.78, 5) is 27.4. The van der Waals surface area contributed by atoms with Gasteiger partial charge in [0.2, 0.25) is 4.33 Å². The largest absolute Gasteiger partial charge is 0.301 e. The van der Waals surface area contributed by atoms with Crippen LogP contribution in [0.2, 0.25) is 10.0 Å². The molecule has 0 aliphatic carbocycles. The van der Waals surface area contributed by atoms with Crippen LogP contribution in [0.25, 0.3) is 0 Å². The number of carbonyl (C=O) groups excluding carboxylic acids is 2. The van der Waals surface area contributed by atoms with E-state index in [9.17, 15) is 9.59 Å². The molecular weight excluding hydrogens is 461 g/mol. The number of para-hydroxylation sites is 2. The highest BCUT2D eigenvalue weighted by Crippen LogP contribution is 2.61. The molecule has 0 saturated carbocycles. The number of allylic oxidation sites excluding steroid dienone is 2. The maximum atomic E-state index is 12.5. The number of hydrazone groups is 1. The summed E-state index contributed by atoms with van der Waals surface area (Å²) >= 11 is 15.7. The van der Waals surface area contributed by atoms with Gasteiger partial charge < -0.3 is 4.90 Å². The fourth-order valence-corrected chi connectivity index (χ4v) is 6.88. The fourth-order valence-electron chi connectivity index (χ4n) is 3.40. The quantitative estimate of drug-likeness (QED) is 0.527. The molecule has 154 valence electrons. The predicted molar refractivity (Wildman–Crippen MR) is 127 cm³/mol. The second-order valence-corrected chi connectivity index (χ2v) is 10.2. The van der Waals surface area contributed by atoms with Gasteiger partial charge in [0.15, 0.2) is 16.6 Å². The minimum Gasteiger partial charge on any atom is -0.301 e. The maximum Gasteiger partial charge on any atom is 0.245 e. The molecule has 2 aromatic rings. The Morgan fingerprint density at radius 2 is 1.57 bits per heavy atom. The van der Waals surface area contributed by atoms with Crippen LogP contribution in [-0.4, -0.2) is 20.9 Å². The van der Waals surface area contributed by atoms with Crippen molar-refractivity contribution in [3.05, 3.63) is 69.2 Å². The summed E-state index contributed by atoms with van der Waals surface area (Å²) in [6.07, 6.45) is 0. The number of benzene rings is 2. The van der Waals surface area contributed by atoms with Crippen molar-refractivity contribution in [2.45, 2.75) is 25.1 Å². The summed E-state index contributed by atoms with van der Waals surface area (Å²) in [7, 11) is 0. The summed E-state index contributed by atoms with van der Waals surface area (Å²) in [5.41, 5.74) is 2.12. The van der Waals surface area contributed by atoms with Crippen molar-refractivity contribution in [1.82, 2.24) is 0 Å². The third-order valence-corrected chi connectivity index (χ3v) is 8.36. The lowest BCUT2D eigenvalue weighted by atomic mass is 10.2. The van der Waals surface area contributed by atoms with E-state index in [-0.39, 0.29) is 11.6 Å². The molecule has 0 radical (unpaired) electrons. The average Bonchev–Trinajstić information content (AvgIpc) is 3.21. The van der Waals surface area contributed by atoms with Crippen LogP contribution in [0.5, 0.6) is 0 Å². The van der Waals surface area contributed by atoms with Gasteiger partial charge in [-0.25, -0.2) is 5.01 Å². The smallest absolute Gasteiger partial charge is 0.245 e. The van der Waals surface area contributed by atoms with Gasteiger partial charge in [-0.15, -0.1) is 0 Å². The second kappa shape index (κ2) is 7.96. The van der Waals surface area contributed by atoms with Crippen LogP contribution in [0.1, 0.15) is 20.8 Å². The topological polar surface area (TPSA) is 53.0 Å². The summed E-state index contributed by atoms with van der Waals surface area (Å²) in [5.74, 6) is -0.232. The van der Waals surface area contributed by atoms with Gasteiger partial charge in [-0.05, 0) is 49.9 Å². The minimum atomic E-state index is -0.998. The first-order chi connectivity index (χ1) is 14.3. The summed E-state index contributed by atoms with van der Waals surface area (Å²) in [5, 5.41) is 7.40. The number of ketones is 2. The van der Waals surface area contributed by atoms with Crippen molar-refractivity contribution < 1.29 is 9.59 Å². The normalized spacial score (nSPS) is 20.9. The van der Waals surface area contributed by atoms with Gasteiger partial charge >= 0.3 is 0 Å². The molecule has 0 aromatic heterocycles. The number of carbonyl (C=O) groups is 2. The fraction of sp³-hybridized carbons (Fsp3) is 0.190. The van der Waals surface area contributed by atoms with Crippen molar-refractivity contribution >= 4 is 74.7 Å². The Kier molecular flexibility index (Phi) is 5.66. The molecule has 1 atom stereocenters. The van der Waals surface area contributed by atoms with Crippen LogP contribution in [0.4, 0.5) is 11.4 Å². The van der Waals surface area contributed by atoms with Crippen LogP contribution in [-0.2, 0) is 9.59 Å². The van der Waals surface area contributed by atoms with E-state index in [0.29, 0.717) is 25.7 Å². The van der Waals surface area contributed by atoms with Gasteiger partial charge in [0.1, 0.15) is 5.69 Å². The van der Waals surface area contributed by atoms with Crippen LogP contribution >= 0.6 is 46.7 Å². The van der Waals surface area contributed by atoms with Gasteiger partial charge in [-0.2, -0.15) is 5.10 Å². The van der Waals surface area contributed by atoms with Crippen molar-refractivity contribution in [2.75, 3.05) is 9.91 Å². The summed E-state index contributed by atoms with van der Waals surface area (Å²) < 4.78 is -0.998. The molecule has 0 amide bonds. The number of thioether (sulfide) groups is 2. The molecule has 1 unspecified atom stereocenters. The van der Waals surface area contributed by atoms with Crippen molar-refractivity contribution in [3.8, 4) is 0 Å². The number of hydrogen-bond acceptors (Lipinski definition) is 7. The average molecular weight is 478 g/mol. The molecule has 9 heteroatoms. The SMILES string of the molecule is CC(=O)C1=NN(c2c(Cl)cccc2Cl)C2(S1)SC(C(C)=O)=C(C)N2c1ccccc1. The zero-order chi connectivity index (χ0) is 21.6. The Hall–Kier alpha value is -1.93. The molecule has 2 aliphatic rings. The Bertz CT molecular complexity index is 1100. The molecule has 0 N–H and O–H groups in total. The number of halogens is 2. The van der Waals surface area contributed by atoms with Crippen molar-refractivity contribution in [3.63, 3.8) is 0 Å². The van der Waals surface area contributed by atoms with Crippen LogP contribution in [0.15, 0.2) is 64.2 Å². The lowest BCUT2D eigenvalue weighted by Gasteiger charge is -2.41. The first kappa shape index (κ1) is 21.3. The Labute approximate surface area is 193 Å². The molecule has 0 bridgehead atoms. The van der Waals surface area contributed by atoms with Crippen LogP contribution in [0.3, 0.4) is 0 Å². The second-order valence-electron chi connectivity index (χ2n) is 6.74. The minimum absolute atomic E-state index is 0.0580. The summed E-state index contributed by atoms with van der Waals surface area (Å²) in [6, 6.07) is 14.9. The first-order valence-electron chi connectivity index (χ1n) is 9.05. The summed E-state index contributed by atoms with van der Waals surface area (Å²) in [6.45, 7) is 4.90. The molecule has 5 nitrogen and oxygen atoms in total. The molecule has 4 rings (SSSR count). The van der Waals surface area contributed by atoms with E-state index in [1.165, 1.54) is 37.4 Å². The number of anilines is 2. The van der Waals surface area contributed by atoms with E-state index in [1.807, 2.05) is 42.2 Å². The monoisotopic (exact) mass is 477 g/mol. The molecule has 30 heavy (non-hydrogen) atoms. The van der Waals surface area contributed by atoms with Gasteiger partial charge in [0.05, 0.1) is 15.0 Å². The number of rotatable bonds is 4. The highest BCUT2D eigenvalue weighted by Gasteiger charge is 2.57. The Morgan fingerprint density at radius 1 is 0.933 bits per heavy atom. The van der Waals surface area contributed by atoms with E-state index >= 15 is 0 Å². The van der Waals surface area contributed by atoms with Crippen LogP contribution in [0, 0.1) is 0 Å². The van der Waals surface area contributed by atoms with Crippen molar-refractivity contribution in [1.29, 1.82) is 0 Å². The van der Waals surface area contributed by atoms with E-state index in [4.69, 9.17) is 23.2 Å². The first-order valence-corrected chi connectivity index (χ1v) is 11.4. The van der Waals surface area contributed by atoms with E-state index in [0.717, 1.165) is 11.4 Å². The molecular formula is C21H17Cl2N3O2S2. The van der Waals surface area contributed by atoms with Crippen LogP contribution < -0.4 is 9.91 Å². The molecule has 2 heterocycles. The lowest BCUT2D eigenvalue weighted by Crippen LogP contribution is -2.49. The van der Waals surface area contributed by atoms with Gasteiger partial charge in [0, 0.05) is 18.3 Å². The highest BCUT2D eigenvalue weighted by molar-refractivity contribution is 8.29. The lowest BCUT2D eigenvalue weighted by molar-refractivity contribution is -0.113. The van der Waals surface area contributed by atoms with Crippen molar-refractivity contribution in [2.24, 2.45) is 5.10 Å². The number of hydrogen-bond donors (Lipinski definition) is 0. The number of nitrogens with zero attached hydrogens (tertiary/aromatic N) is 3. The van der Waals surface area contributed by atoms with Gasteiger partial charge in [-0.3, -0.25) is 9.59 Å². The highest BCUT2D eigenvalue weighted by atomic mass is 35.5. The molecule has 2 aromatic carbocycles. The van der Waals surface area contributed by atoms with Gasteiger partial charge in [0.25, 0.3) is 0 Å². The molecule has 0 fully saturated rings. The molecule has 1 spiro atoms. The Morgan fingerprint density at radius 3 is 2.13 bits per heavy atom. The third-order valence-electron chi connectivity index (χ3n) is 4.65. The zero-order valence-corrected chi connectivity index (χ0v) is 19.5. The predicted octanol–water partition coefficient (Wildman–Crippen LogP) is 6.13. The number of Topliss-reactive ketones (excluding diaryl/α,β-unsaturated/α-hetero) is 2. The Balaban J connectivity index is 1.98. The van der Waals surface area contributed by atoms with E-state index in [2.05, 4.69) is 5.10 Å². The maximum absolute atomic E-state index is 12.5. The van der Waals surface area contributed by atoms with E-state index < -0.39 is 4.33 Å².